The fourth-order valence-corrected chi connectivity index (χ4v) is 3.62. The second kappa shape index (κ2) is 10.2. The molecule has 3 atom stereocenters. The number of nitrogens with one attached hydrogen (secondary N) is 1. The lowest BCUT2D eigenvalue weighted by molar-refractivity contribution is -0.0817. The van der Waals surface area contributed by atoms with Crippen molar-refractivity contribution >= 4 is 17.6 Å². The molecule has 3 rings (SSSR count). The third-order valence-electron chi connectivity index (χ3n) is 4.74. The van der Waals surface area contributed by atoms with Gasteiger partial charge < -0.3 is 24.4 Å². The summed E-state index contributed by atoms with van der Waals surface area (Å²) in [4.78, 5) is 7.06. The van der Waals surface area contributed by atoms with E-state index in [-0.39, 0.29) is 18.3 Å². The smallest absolute Gasteiger partial charge is 0.194 e. The average Bonchev–Trinajstić information content (AvgIpc) is 3.20. The van der Waals surface area contributed by atoms with Gasteiger partial charge in [-0.15, -0.1) is 0 Å². The van der Waals surface area contributed by atoms with Crippen molar-refractivity contribution in [2.45, 2.75) is 45.0 Å². The molecule has 2 saturated heterocycles. The topological polar surface area (TPSA) is 55.3 Å². The Labute approximate surface area is 166 Å². The SMILES string of the molecule is CCNC(=NCC(C)Oc1cccc(Cl)c1)N1CCOC(C2CCCO2)C1. The number of guanidine groups is 1. The monoisotopic (exact) mass is 395 g/mol. The van der Waals surface area contributed by atoms with Crippen LogP contribution in [0.3, 0.4) is 0 Å². The predicted molar refractivity (Wildman–Crippen MR) is 108 cm³/mol. The Morgan fingerprint density at radius 1 is 1.37 bits per heavy atom. The quantitative estimate of drug-likeness (QED) is 0.592. The number of rotatable bonds is 6. The molecule has 0 aromatic heterocycles. The van der Waals surface area contributed by atoms with Gasteiger partial charge >= 0.3 is 0 Å². The van der Waals surface area contributed by atoms with Gasteiger partial charge in [-0.3, -0.25) is 0 Å². The van der Waals surface area contributed by atoms with Crippen molar-refractivity contribution in [1.82, 2.24) is 10.2 Å². The zero-order chi connectivity index (χ0) is 19.1. The van der Waals surface area contributed by atoms with Crippen LogP contribution in [-0.2, 0) is 9.47 Å². The van der Waals surface area contributed by atoms with E-state index in [2.05, 4.69) is 17.1 Å². The number of hydrogen-bond donors (Lipinski definition) is 1. The normalized spacial score (nSPS) is 24.7. The number of benzene rings is 1. The largest absolute Gasteiger partial charge is 0.489 e. The highest BCUT2D eigenvalue weighted by molar-refractivity contribution is 6.30. The lowest BCUT2D eigenvalue weighted by Crippen LogP contribution is -2.53. The minimum absolute atomic E-state index is 0.0490. The summed E-state index contributed by atoms with van der Waals surface area (Å²) in [6.07, 6.45) is 2.48. The highest BCUT2D eigenvalue weighted by Crippen LogP contribution is 2.21. The number of halogens is 1. The molecule has 27 heavy (non-hydrogen) atoms. The summed E-state index contributed by atoms with van der Waals surface area (Å²) < 4.78 is 17.7. The highest BCUT2D eigenvalue weighted by atomic mass is 35.5. The molecule has 0 bridgehead atoms. The molecular weight excluding hydrogens is 366 g/mol. The number of aliphatic imine (C=N–C) groups is 1. The summed E-state index contributed by atoms with van der Waals surface area (Å²) in [5.74, 6) is 1.67. The van der Waals surface area contributed by atoms with E-state index in [1.165, 1.54) is 0 Å². The van der Waals surface area contributed by atoms with Gasteiger partial charge in [-0.25, -0.2) is 4.99 Å². The Morgan fingerprint density at radius 3 is 2.96 bits per heavy atom. The van der Waals surface area contributed by atoms with E-state index in [0.717, 1.165) is 50.8 Å². The van der Waals surface area contributed by atoms with Crippen LogP contribution in [0.1, 0.15) is 26.7 Å². The summed E-state index contributed by atoms with van der Waals surface area (Å²) in [6.45, 7) is 8.67. The van der Waals surface area contributed by atoms with E-state index in [1.54, 1.807) is 0 Å². The second-order valence-electron chi connectivity index (χ2n) is 6.99. The van der Waals surface area contributed by atoms with Crippen LogP contribution in [-0.4, -0.2) is 68.6 Å². The molecule has 3 unspecified atom stereocenters. The van der Waals surface area contributed by atoms with E-state index in [1.807, 2.05) is 31.2 Å². The van der Waals surface area contributed by atoms with Gasteiger partial charge in [0.05, 0.1) is 19.3 Å². The van der Waals surface area contributed by atoms with Crippen molar-refractivity contribution in [3.05, 3.63) is 29.3 Å². The Hall–Kier alpha value is -1.50. The summed E-state index contributed by atoms with van der Waals surface area (Å²) in [5, 5.41) is 4.07. The zero-order valence-electron chi connectivity index (χ0n) is 16.2. The first-order chi connectivity index (χ1) is 13.2. The Bertz CT molecular complexity index is 622. The van der Waals surface area contributed by atoms with Crippen LogP contribution in [0.15, 0.2) is 29.3 Å². The average molecular weight is 396 g/mol. The summed E-state index contributed by atoms with van der Waals surface area (Å²) in [7, 11) is 0. The first-order valence-electron chi connectivity index (χ1n) is 9.84. The van der Waals surface area contributed by atoms with Crippen molar-refractivity contribution in [2.24, 2.45) is 4.99 Å². The number of ether oxygens (including phenoxy) is 3. The maximum Gasteiger partial charge on any atom is 0.194 e. The van der Waals surface area contributed by atoms with Gasteiger partial charge in [0.1, 0.15) is 18.0 Å². The van der Waals surface area contributed by atoms with Crippen LogP contribution in [0.2, 0.25) is 5.02 Å². The van der Waals surface area contributed by atoms with Crippen molar-refractivity contribution in [3.8, 4) is 5.75 Å². The first-order valence-corrected chi connectivity index (χ1v) is 10.2. The molecule has 2 aliphatic rings. The van der Waals surface area contributed by atoms with E-state index < -0.39 is 0 Å². The molecule has 1 aromatic carbocycles. The summed E-state index contributed by atoms with van der Waals surface area (Å²) >= 11 is 6.02. The Kier molecular flexibility index (Phi) is 7.61. The van der Waals surface area contributed by atoms with Crippen LogP contribution < -0.4 is 10.1 Å². The molecule has 1 N–H and O–H groups in total. The molecular formula is C20H30ClN3O3. The zero-order valence-corrected chi connectivity index (χ0v) is 17.0. The van der Waals surface area contributed by atoms with Crippen LogP contribution in [0.4, 0.5) is 0 Å². The fraction of sp³-hybridized carbons (Fsp3) is 0.650. The molecule has 1 aromatic rings. The molecule has 0 saturated carbocycles. The second-order valence-corrected chi connectivity index (χ2v) is 7.42. The van der Waals surface area contributed by atoms with Crippen molar-refractivity contribution in [3.63, 3.8) is 0 Å². The van der Waals surface area contributed by atoms with Gasteiger partial charge in [0.15, 0.2) is 5.96 Å². The van der Waals surface area contributed by atoms with E-state index >= 15 is 0 Å². The Morgan fingerprint density at radius 2 is 2.22 bits per heavy atom. The molecule has 2 fully saturated rings. The van der Waals surface area contributed by atoms with Gasteiger partial charge in [0.2, 0.25) is 0 Å². The van der Waals surface area contributed by atoms with Gasteiger partial charge in [-0.1, -0.05) is 17.7 Å². The molecule has 0 radical (unpaired) electrons. The maximum absolute atomic E-state index is 6.02. The molecule has 0 aliphatic carbocycles. The standard InChI is InChI=1S/C20H30ClN3O3/c1-3-22-20(23-13-15(2)27-17-7-4-6-16(21)12-17)24-9-11-26-19(14-24)18-8-5-10-25-18/h4,6-7,12,15,18-19H,3,5,8-11,13-14H2,1-2H3,(H,22,23). The fourth-order valence-electron chi connectivity index (χ4n) is 3.44. The van der Waals surface area contributed by atoms with Gasteiger partial charge in [0.25, 0.3) is 0 Å². The minimum Gasteiger partial charge on any atom is -0.489 e. The van der Waals surface area contributed by atoms with Crippen LogP contribution >= 0.6 is 11.6 Å². The van der Waals surface area contributed by atoms with E-state index in [9.17, 15) is 0 Å². The molecule has 0 amide bonds. The number of hydrogen-bond acceptors (Lipinski definition) is 4. The predicted octanol–water partition coefficient (Wildman–Crippen LogP) is 2.95. The van der Waals surface area contributed by atoms with Gasteiger partial charge in [-0.05, 0) is 44.9 Å². The number of morpholine rings is 1. The van der Waals surface area contributed by atoms with E-state index in [4.69, 9.17) is 30.8 Å². The molecule has 2 heterocycles. The maximum atomic E-state index is 6.02. The highest BCUT2D eigenvalue weighted by Gasteiger charge is 2.32. The minimum atomic E-state index is -0.0490. The number of nitrogens with zero attached hydrogens (tertiary/aromatic N) is 2. The van der Waals surface area contributed by atoms with Crippen LogP contribution in [0.5, 0.6) is 5.75 Å². The van der Waals surface area contributed by atoms with Crippen LogP contribution in [0, 0.1) is 0 Å². The Balaban J connectivity index is 1.58. The van der Waals surface area contributed by atoms with Crippen molar-refractivity contribution in [1.29, 1.82) is 0 Å². The third-order valence-corrected chi connectivity index (χ3v) is 4.97. The van der Waals surface area contributed by atoms with Crippen molar-refractivity contribution < 1.29 is 14.2 Å². The summed E-state index contributed by atoms with van der Waals surface area (Å²) in [5.41, 5.74) is 0. The molecule has 0 spiro atoms. The van der Waals surface area contributed by atoms with Gasteiger partial charge in [-0.2, -0.15) is 0 Å². The molecule has 7 heteroatoms. The molecule has 2 aliphatic heterocycles. The van der Waals surface area contributed by atoms with E-state index in [0.29, 0.717) is 18.2 Å². The van der Waals surface area contributed by atoms with Crippen molar-refractivity contribution in [2.75, 3.05) is 39.4 Å². The van der Waals surface area contributed by atoms with Crippen LogP contribution in [0.25, 0.3) is 0 Å². The molecule has 6 nitrogen and oxygen atoms in total. The first kappa shape index (κ1) is 20.2. The third kappa shape index (κ3) is 5.99. The van der Waals surface area contributed by atoms with Gasteiger partial charge in [0, 0.05) is 31.3 Å². The lowest BCUT2D eigenvalue weighted by Gasteiger charge is -2.37. The summed E-state index contributed by atoms with van der Waals surface area (Å²) in [6, 6.07) is 7.45. The lowest BCUT2D eigenvalue weighted by atomic mass is 10.1. The molecule has 150 valence electrons.